The van der Waals surface area contributed by atoms with E-state index in [1.54, 1.807) is 11.8 Å². The number of nitrogens with one attached hydrogen (secondary N) is 1. The average Bonchev–Trinajstić information content (AvgIpc) is 2.97. The minimum atomic E-state index is 0.0356. The molecule has 0 saturated carbocycles. The van der Waals surface area contributed by atoms with Crippen molar-refractivity contribution in [2.75, 3.05) is 13.1 Å². The Morgan fingerprint density at radius 3 is 2.75 bits per heavy atom. The second-order valence-corrected chi connectivity index (χ2v) is 6.48. The van der Waals surface area contributed by atoms with E-state index in [9.17, 15) is 0 Å². The molecule has 1 aliphatic heterocycles. The van der Waals surface area contributed by atoms with E-state index in [0.29, 0.717) is 0 Å². The molecule has 0 aliphatic carbocycles. The molecule has 1 aromatic heterocycles. The molecule has 1 N–H and O–H groups in total. The van der Waals surface area contributed by atoms with Crippen LogP contribution in [0.25, 0.3) is 0 Å². The Kier molecular flexibility index (Phi) is 4.08. The minimum absolute atomic E-state index is 0.0356. The third-order valence-corrected chi connectivity index (χ3v) is 4.81. The second-order valence-electron chi connectivity index (χ2n) is 5.43. The van der Waals surface area contributed by atoms with Crippen molar-refractivity contribution in [3.8, 4) is 0 Å². The summed E-state index contributed by atoms with van der Waals surface area (Å²) in [5.41, 5.74) is 0.0356. The molecule has 0 bridgehead atoms. The van der Waals surface area contributed by atoms with Gasteiger partial charge in [0.2, 0.25) is 5.89 Å². The van der Waals surface area contributed by atoms with E-state index >= 15 is 0 Å². The van der Waals surface area contributed by atoms with Crippen LogP contribution in [0.4, 0.5) is 0 Å². The van der Waals surface area contributed by atoms with Crippen LogP contribution in [0.3, 0.4) is 0 Å². The van der Waals surface area contributed by atoms with Crippen LogP contribution in [0.1, 0.15) is 31.5 Å². The predicted molar refractivity (Wildman–Crippen MR) is 79.8 cm³/mol. The number of hydrogen-bond acceptors (Lipinski definition) is 5. The van der Waals surface area contributed by atoms with Crippen LogP contribution in [0.15, 0.2) is 39.8 Å². The molecule has 2 heterocycles. The zero-order valence-electron chi connectivity index (χ0n) is 11.6. The van der Waals surface area contributed by atoms with Gasteiger partial charge >= 0.3 is 0 Å². The molecule has 0 atom stereocenters. The third kappa shape index (κ3) is 3.04. The molecule has 1 fully saturated rings. The van der Waals surface area contributed by atoms with Crippen molar-refractivity contribution >= 4 is 11.8 Å². The van der Waals surface area contributed by atoms with Crippen LogP contribution < -0.4 is 5.32 Å². The highest BCUT2D eigenvalue weighted by Crippen LogP contribution is 2.32. The van der Waals surface area contributed by atoms with E-state index in [1.807, 2.05) is 18.2 Å². The normalized spacial score (nSPS) is 18.1. The molecule has 0 amide bonds. The molecule has 20 heavy (non-hydrogen) atoms. The molecule has 1 aromatic carbocycles. The topological polar surface area (TPSA) is 51.0 Å². The van der Waals surface area contributed by atoms with Gasteiger partial charge in [-0.25, -0.2) is 0 Å². The maximum Gasteiger partial charge on any atom is 0.232 e. The molecule has 0 unspecified atom stereocenters. The second kappa shape index (κ2) is 5.97. The largest absolute Gasteiger partial charge is 0.339 e. The summed E-state index contributed by atoms with van der Waals surface area (Å²) < 4.78 is 5.49. The predicted octanol–water partition coefficient (Wildman–Crippen LogP) is 3.00. The summed E-state index contributed by atoms with van der Waals surface area (Å²) >= 11 is 1.74. The Morgan fingerprint density at radius 1 is 1.25 bits per heavy atom. The van der Waals surface area contributed by atoms with Crippen LogP contribution in [0.5, 0.6) is 0 Å². The molecule has 106 valence electrons. The monoisotopic (exact) mass is 289 g/mol. The van der Waals surface area contributed by atoms with Crippen molar-refractivity contribution in [3.63, 3.8) is 0 Å². The molecular weight excluding hydrogens is 270 g/mol. The van der Waals surface area contributed by atoms with E-state index in [-0.39, 0.29) is 5.41 Å². The zero-order valence-corrected chi connectivity index (χ0v) is 12.4. The molecule has 0 radical (unpaired) electrons. The SMILES string of the molecule is CC1(c2nc(CSc3ccccc3)no2)CCNCC1. The number of thioether (sulfide) groups is 1. The van der Waals surface area contributed by atoms with Gasteiger partial charge in [-0.3, -0.25) is 0 Å². The van der Waals surface area contributed by atoms with E-state index in [0.717, 1.165) is 43.4 Å². The highest BCUT2D eigenvalue weighted by atomic mass is 32.2. The summed E-state index contributed by atoms with van der Waals surface area (Å²) in [6.07, 6.45) is 2.11. The van der Waals surface area contributed by atoms with Gasteiger partial charge in [0.05, 0.1) is 5.75 Å². The number of benzene rings is 1. The van der Waals surface area contributed by atoms with E-state index in [2.05, 4.69) is 34.5 Å². The van der Waals surface area contributed by atoms with Crippen molar-refractivity contribution in [3.05, 3.63) is 42.0 Å². The lowest BCUT2D eigenvalue weighted by molar-refractivity contribution is 0.240. The van der Waals surface area contributed by atoms with Crippen LogP contribution in [0, 0.1) is 0 Å². The van der Waals surface area contributed by atoms with Gasteiger partial charge in [0.1, 0.15) is 0 Å². The van der Waals surface area contributed by atoms with Gasteiger partial charge in [-0.1, -0.05) is 30.3 Å². The van der Waals surface area contributed by atoms with Gasteiger partial charge < -0.3 is 9.84 Å². The molecule has 4 nitrogen and oxygen atoms in total. The van der Waals surface area contributed by atoms with Gasteiger partial charge in [-0.2, -0.15) is 4.98 Å². The number of nitrogens with zero attached hydrogens (tertiary/aromatic N) is 2. The highest BCUT2D eigenvalue weighted by molar-refractivity contribution is 7.98. The van der Waals surface area contributed by atoms with E-state index < -0.39 is 0 Å². The van der Waals surface area contributed by atoms with Crippen molar-refractivity contribution in [1.29, 1.82) is 0 Å². The maximum absolute atomic E-state index is 5.49. The highest BCUT2D eigenvalue weighted by Gasteiger charge is 2.34. The lowest BCUT2D eigenvalue weighted by Crippen LogP contribution is -2.37. The van der Waals surface area contributed by atoms with E-state index in [4.69, 9.17) is 4.52 Å². The van der Waals surface area contributed by atoms with Crippen LogP contribution in [0.2, 0.25) is 0 Å². The Morgan fingerprint density at radius 2 is 2.00 bits per heavy atom. The first kappa shape index (κ1) is 13.6. The fourth-order valence-corrected chi connectivity index (χ4v) is 3.18. The number of hydrogen-bond donors (Lipinski definition) is 1. The van der Waals surface area contributed by atoms with Crippen molar-refractivity contribution in [2.45, 2.75) is 35.8 Å². The molecule has 5 heteroatoms. The third-order valence-electron chi connectivity index (χ3n) is 3.80. The smallest absolute Gasteiger partial charge is 0.232 e. The first-order chi connectivity index (χ1) is 9.76. The van der Waals surface area contributed by atoms with Gasteiger partial charge in [-0.15, -0.1) is 11.8 Å². The van der Waals surface area contributed by atoms with Crippen LogP contribution in [-0.2, 0) is 11.2 Å². The fourth-order valence-electron chi connectivity index (χ4n) is 2.41. The van der Waals surface area contributed by atoms with Gasteiger partial charge in [0, 0.05) is 10.3 Å². The molecule has 2 aromatic rings. The fraction of sp³-hybridized carbons (Fsp3) is 0.467. The number of aromatic nitrogens is 2. The summed E-state index contributed by atoms with van der Waals surface area (Å²) in [6.45, 7) is 4.26. The van der Waals surface area contributed by atoms with Crippen LogP contribution in [-0.4, -0.2) is 23.2 Å². The minimum Gasteiger partial charge on any atom is -0.339 e. The molecular formula is C15H19N3OS. The first-order valence-electron chi connectivity index (χ1n) is 6.98. The lowest BCUT2D eigenvalue weighted by atomic mass is 9.81. The average molecular weight is 289 g/mol. The van der Waals surface area contributed by atoms with Crippen molar-refractivity contribution < 1.29 is 4.52 Å². The Labute approximate surface area is 123 Å². The maximum atomic E-state index is 5.49. The van der Waals surface area contributed by atoms with Gasteiger partial charge in [-0.05, 0) is 38.1 Å². The number of piperidine rings is 1. The number of rotatable bonds is 4. The zero-order chi connectivity index (χ0) is 13.8. The lowest BCUT2D eigenvalue weighted by Gasteiger charge is -2.30. The molecule has 0 spiro atoms. The van der Waals surface area contributed by atoms with Crippen LogP contribution >= 0.6 is 11.8 Å². The quantitative estimate of drug-likeness (QED) is 0.877. The summed E-state index contributed by atoms with van der Waals surface area (Å²) in [7, 11) is 0. The Bertz CT molecular complexity index is 549. The standard InChI is InChI=1S/C15H19N3OS/c1-15(7-9-16-10-8-15)14-17-13(18-19-14)11-20-12-5-3-2-4-6-12/h2-6,16H,7-11H2,1H3. The van der Waals surface area contributed by atoms with Crippen molar-refractivity contribution in [2.24, 2.45) is 0 Å². The summed E-state index contributed by atoms with van der Waals surface area (Å²) in [5, 5.41) is 7.49. The van der Waals surface area contributed by atoms with Gasteiger partial charge in [0.15, 0.2) is 5.82 Å². The summed E-state index contributed by atoms with van der Waals surface area (Å²) in [6, 6.07) is 10.3. The van der Waals surface area contributed by atoms with E-state index in [1.165, 1.54) is 4.90 Å². The summed E-state index contributed by atoms with van der Waals surface area (Å²) in [4.78, 5) is 5.82. The molecule has 1 aliphatic rings. The molecule has 1 saturated heterocycles. The summed E-state index contributed by atoms with van der Waals surface area (Å²) in [5.74, 6) is 2.33. The van der Waals surface area contributed by atoms with Crippen molar-refractivity contribution in [1.82, 2.24) is 15.5 Å². The Hall–Kier alpha value is -1.33. The Balaban J connectivity index is 1.65. The molecule has 3 rings (SSSR count). The van der Waals surface area contributed by atoms with Gasteiger partial charge in [0.25, 0.3) is 0 Å². The first-order valence-corrected chi connectivity index (χ1v) is 7.96.